The molecule has 1 N–H and O–H groups in total. The Labute approximate surface area is 57.4 Å². The molecule has 0 fully saturated rings. The maximum Gasteiger partial charge on any atom is 0.312 e. The molecule has 0 amide bonds. The van der Waals surface area contributed by atoms with Crippen LogP contribution >= 0.6 is 17.0 Å². The van der Waals surface area contributed by atoms with E-state index < -0.39 is 11.2 Å². The molecule has 8 heavy (non-hydrogen) atoms. The summed E-state index contributed by atoms with van der Waals surface area (Å²) in [6.07, 6.45) is -1.20. The molecule has 1 atom stereocenters. The van der Waals surface area contributed by atoms with Crippen molar-refractivity contribution < 1.29 is 10.0 Å². The molecule has 50 valence electrons. The first-order chi connectivity index (χ1) is 3.18. The molecule has 0 saturated heterocycles. The van der Waals surface area contributed by atoms with Crippen molar-refractivity contribution in [3.05, 3.63) is 10.1 Å². The summed E-state index contributed by atoms with van der Waals surface area (Å²) in [4.78, 5) is 8.76. The summed E-state index contributed by atoms with van der Waals surface area (Å²) < 4.78 is 0. The van der Waals surface area contributed by atoms with Crippen LogP contribution in [-0.2, 0) is 0 Å². The summed E-state index contributed by atoms with van der Waals surface area (Å²) in [5.74, 6) is 0. The molecule has 0 radical (unpaired) electrons. The van der Waals surface area contributed by atoms with E-state index in [1.54, 1.807) is 6.92 Å². The van der Waals surface area contributed by atoms with Gasteiger partial charge < -0.3 is 5.11 Å². The normalized spacial score (nSPS) is 11.8. The lowest BCUT2D eigenvalue weighted by atomic mass is 10.4. The number of hydrogen-bond acceptors (Lipinski definition) is 3. The molecule has 5 heteroatoms. The highest BCUT2D eigenvalue weighted by molar-refractivity contribution is 8.93. The first-order valence-corrected chi connectivity index (χ1v) is 2.00. The van der Waals surface area contributed by atoms with Crippen molar-refractivity contribution in [1.82, 2.24) is 0 Å². The third-order valence-electron chi connectivity index (χ3n) is 0.609. The average Bonchev–Trinajstić information content (AvgIpc) is 1.65. The molecular weight excluding hydrogens is 178 g/mol. The minimum atomic E-state index is -1.38. The van der Waals surface area contributed by atoms with Gasteiger partial charge in [0.25, 0.3) is 0 Å². The number of hydrogen-bond donors (Lipinski definition) is 1. The lowest BCUT2D eigenvalue weighted by Crippen LogP contribution is -2.16. The van der Waals surface area contributed by atoms with Crippen LogP contribution in [0.1, 0.15) is 13.3 Å². The van der Waals surface area contributed by atoms with E-state index >= 15 is 0 Å². The minimum Gasteiger partial charge on any atom is -0.333 e. The Morgan fingerprint density at radius 3 is 2.25 bits per heavy atom. The van der Waals surface area contributed by atoms with Crippen molar-refractivity contribution in [2.24, 2.45) is 0 Å². The molecule has 0 aromatic rings. The molecule has 0 aromatic heterocycles. The van der Waals surface area contributed by atoms with Crippen molar-refractivity contribution in [2.75, 3.05) is 0 Å². The minimum absolute atomic E-state index is 0. The Bertz CT molecular complexity index is 76.9. The quantitative estimate of drug-likeness (QED) is 0.389. The molecule has 0 heterocycles. The topological polar surface area (TPSA) is 63.4 Å². The molecule has 0 rings (SSSR count). The number of rotatable bonds is 2. The summed E-state index contributed by atoms with van der Waals surface area (Å²) in [7, 11) is 0. The molecule has 0 aliphatic heterocycles. The molecule has 1 unspecified atom stereocenters. The average molecular weight is 186 g/mol. The Kier molecular flexibility index (Phi) is 6.70. The third-order valence-corrected chi connectivity index (χ3v) is 0.609. The van der Waals surface area contributed by atoms with Gasteiger partial charge in [0.1, 0.15) is 0 Å². The van der Waals surface area contributed by atoms with E-state index in [0.717, 1.165) is 0 Å². The van der Waals surface area contributed by atoms with Gasteiger partial charge >= 0.3 is 6.23 Å². The van der Waals surface area contributed by atoms with E-state index in [9.17, 15) is 10.1 Å². The number of halogens is 1. The maximum absolute atomic E-state index is 9.49. The lowest BCUT2D eigenvalue weighted by molar-refractivity contribution is -0.570. The van der Waals surface area contributed by atoms with E-state index in [1.165, 1.54) is 0 Å². The van der Waals surface area contributed by atoms with Crippen molar-refractivity contribution >= 4 is 17.0 Å². The zero-order chi connectivity index (χ0) is 5.86. The molecule has 4 nitrogen and oxygen atoms in total. The van der Waals surface area contributed by atoms with E-state index in [4.69, 9.17) is 5.11 Å². The predicted molar refractivity (Wildman–Crippen MR) is 33.6 cm³/mol. The molecule has 0 aromatic carbocycles. The van der Waals surface area contributed by atoms with Gasteiger partial charge in [-0.15, -0.1) is 17.0 Å². The highest BCUT2D eigenvalue weighted by Gasteiger charge is 2.08. The van der Waals surface area contributed by atoms with Crippen LogP contribution in [0.25, 0.3) is 0 Å². The van der Waals surface area contributed by atoms with Gasteiger partial charge in [0.2, 0.25) is 0 Å². The van der Waals surface area contributed by atoms with Crippen molar-refractivity contribution in [3.63, 3.8) is 0 Å². The molecular formula is C3H8BrNO3. The van der Waals surface area contributed by atoms with Gasteiger partial charge in [-0.3, -0.25) is 10.1 Å². The summed E-state index contributed by atoms with van der Waals surface area (Å²) >= 11 is 0. The van der Waals surface area contributed by atoms with Crippen LogP contribution in [0.2, 0.25) is 0 Å². The van der Waals surface area contributed by atoms with Gasteiger partial charge in [0, 0.05) is 6.42 Å². The summed E-state index contributed by atoms with van der Waals surface area (Å²) in [6.45, 7) is 1.55. The zero-order valence-electron chi connectivity index (χ0n) is 4.40. The van der Waals surface area contributed by atoms with Crippen LogP contribution in [0, 0.1) is 10.1 Å². The van der Waals surface area contributed by atoms with Crippen LogP contribution in [0.15, 0.2) is 0 Å². The smallest absolute Gasteiger partial charge is 0.312 e. The fraction of sp³-hybridized carbons (Fsp3) is 1.00. The van der Waals surface area contributed by atoms with Crippen molar-refractivity contribution in [2.45, 2.75) is 19.6 Å². The maximum atomic E-state index is 9.49. The van der Waals surface area contributed by atoms with E-state index in [1.807, 2.05) is 0 Å². The molecule has 0 bridgehead atoms. The summed E-state index contributed by atoms with van der Waals surface area (Å²) in [6, 6.07) is 0. The third kappa shape index (κ3) is 4.01. The van der Waals surface area contributed by atoms with E-state index in [2.05, 4.69) is 0 Å². The summed E-state index contributed by atoms with van der Waals surface area (Å²) in [5.41, 5.74) is 0. The van der Waals surface area contributed by atoms with Crippen LogP contribution in [-0.4, -0.2) is 16.3 Å². The second-order valence-electron chi connectivity index (χ2n) is 1.17. The fourth-order valence-corrected chi connectivity index (χ4v) is 0.149. The molecule has 0 aliphatic rings. The van der Waals surface area contributed by atoms with Gasteiger partial charge in [-0.05, 0) is 0 Å². The van der Waals surface area contributed by atoms with E-state index in [0.29, 0.717) is 0 Å². The Morgan fingerprint density at radius 2 is 2.25 bits per heavy atom. The second-order valence-corrected chi connectivity index (χ2v) is 1.17. The number of nitrogens with zero attached hydrogens (tertiary/aromatic N) is 1. The first-order valence-electron chi connectivity index (χ1n) is 2.00. The van der Waals surface area contributed by atoms with Gasteiger partial charge in [-0.1, -0.05) is 6.92 Å². The highest BCUT2D eigenvalue weighted by atomic mass is 79.9. The van der Waals surface area contributed by atoms with Crippen LogP contribution in [0.4, 0.5) is 0 Å². The number of nitro groups is 1. The van der Waals surface area contributed by atoms with Gasteiger partial charge in [0.05, 0.1) is 4.92 Å². The zero-order valence-corrected chi connectivity index (χ0v) is 6.12. The number of aliphatic hydroxyl groups excluding tert-OH is 1. The Balaban J connectivity index is 0. The van der Waals surface area contributed by atoms with Gasteiger partial charge in [0.15, 0.2) is 0 Å². The Hall–Kier alpha value is -0.160. The lowest BCUT2D eigenvalue weighted by Gasteiger charge is -1.93. The van der Waals surface area contributed by atoms with Gasteiger partial charge in [-0.25, -0.2) is 0 Å². The van der Waals surface area contributed by atoms with Crippen LogP contribution in [0.3, 0.4) is 0 Å². The number of aliphatic hydroxyl groups is 1. The summed E-state index contributed by atoms with van der Waals surface area (Å²) in [5, 5.41) is 17.7. The monoisotopic (exact) mass is 185 g/mol. The van der Waals surface area contributed by atoms with Crippen molar-refractivity contribution in [3.8, 4) is 0 Å². The van der Waals surface area contributed by atoms with E-state index in [-0.39, 0.29) is 23.4 Å². The molecule has 0 saturated carbocycles. The largest absolute Gasteiger partial charge is 0.333 e. The standard InChI is InChI=1S/C3H7NO3.BrH/c1-2-3(5)4(6)7;/h3,5H,2H2,1H3;1H. The van der Waals surface area contributed by atoms with Crippen LogP contribution in [0.5, 0.6) is 0 Å². The Morgan fingerprint density at radius 1 is 1.88 bits per heavy atom. The predicted octanol–water partition coefficient (Wildman–Crippen LogP) is 0.569. The molecule has 0 spiro atoms. The highest BCUT2D eigenvalue weighted by Crippen LogP contribution is 1.87. The second kappa shape index (κ2) is 4.99. The molecule has 0 aliphatic carbocycles. The van der Waals surface area contributed by atoms with Gasteiger partial charge in [-0.2, -0.15) is 0 Å². The van der Waals surface area contributed by atoms with Crippen molar-refractivity contribution in [1.29, 1.82) is 0 Å². The van der Waals surface area contributed by atoms with Crippen LogP contribution < -0.4 is 0 Å². The SMILES string of the molecule is Br.CCC(O)[N+](=O)[O-]. The fourth-order valence-electron chi connectivity index (χ4n) is 0.149. The first kappa shape index (κ1) is 10.8.